The van der Waals surface area contributed by atoms with Crippen molar-refractivity contribution in [2.45, 2.75) is 57.8 Å². The molecule has 3 heteroatoms. The standard InChI is InChI=1S/C11H22O3/c1-9(2)13-7-5-10(12)8-11-4-3-6-14-11/h9-12H,3-8H2,1-2H3. The average molecular weight is 202 g/mol. The van der Waals surface area contributed by atoms with Crippen LogP contribution in [0.2, 0.25) is 0 Å². The van der Waals surface area contributed by atoms with Crippen molar-refractivity contribution in [2.24, 2.45) is 0 Å². The summed E-state index contributed by atoms with van der Waals surface area (Å²) in [6.07, 6.45) is 3.99. The Kier molecular flexibility index (Phi) is 5.45. The first kappa shape index (κ1) is 12.0. The first-order valence-electron chi connectivity index (χ1n) is 5.59. The summed E-state index contributed by atoms with van der Waals surface area (Å²) in [6, 6.07) is 0. The molecule has 1 aliphatic heterocycles. The van der Waals surface area contributed by atoms with Crippen LogP contribution in [0.15, 0.2) is 0 Å². The molecule has 0 aromatic rings. The highest BCUT2D eigenvalue weighted by Crippen LogP contribution is 2.18. The molecule has 1 aliphatic rings. The number of rotatable bonds is 6. The Morgan fingerprint density at radius 3 is 2.86 bits per heavy atom. The monoisotopic (exact) mass is 202 g/mol. The lowest BCUT2D eigenvalue weighted by Crippen LogP contribution is -2.19. The molecule has 0 radical (unpaired) electrons. The quantitative estimate of drug-likeness (QED) is 0.713. The summed E-state index contributed by atoms with van der Waals surface area (Å²) in [5.74, 6) is 0. The van der Waals surface area contributed by atoms with Crippen LogP contribution < -0.4 is 0 Å². The number of hydrogen-bond acceptors (Lipinski definition) is 3. The molecule has 1 heterocycles. The Bertz CT molecular complexity index is 141. The van der Waals surface area contributed by atoms with Crippen LogP contribution in [0, 0.1) is 0 Å². The molecule has 2 atom stereocenters. The summed E-state index contributed by atoms with van der Waals surface area (Å²) in [6.45, 7) is 5.52. The lowest BCUT2D eigenvalue weighted by molar-refractivity contribution is 0.0189. The number of hydrogen-bond donors (Lipinski definition) is 1. The maximum atomic E-state index is 9.66. The Hall–Kier alpha value is -0.120. The van der Waals surface area contributed by atoms with Crippen LogP contribution in [0.1, 0.15) is 39.5 Å². The SMILES string of the molecule is CC(C)OCCC(O)CC1CCCO1. The molecular formula is C11H22O3. The van der Waals surface area contributed by atoms with Gasteiger partial charge in [0.25, 0.3) is 0 Å². The van der Waals surface area contributed by atoms with Crippen molar-refractivity contribution in [3.8, 4) is 0 Å². The first-order valence-corrected chi connectivity index (χ1v) is 5.59. The van der Waals surface area contributed by atoms with E-state index in [4.69, 9.17) is 9.47 Å². The molecule has 3 nitrogen and oxygen atoms in total. The predicted octanol–water partition coefficient (Wildman–Crippen LogP) is 1.73. The average Bonchev–Trinajstić information content (AvgIpc) is 2.56. The van der Waals surface area contributed by atoms with Crippen molar-refractivity contribution in [1.29, 1.82) is 0 Å². The number of aliphatic hydroxyl groups excluding tert-OH is 1. The highest BCUT2D eigenvalue weighted by molar-refractivity contribution is 4.69. The molecule has 1 rings (SSSR count). The van der Waals surface area contributed by atoms with Crippen molar-refractivity contribution >= 4 is 0 Å². The van der Waals surface area contributed by atoms with Crippen molar-refractivity contribution in [3.63, 3.8) is 0 Å². The van der Waals surface area contributed by atoms with Gasteiger partial charge in [-0.2, -0.15) is 0 Å². The second-order valence-electron chi connectivity index (χ2n) is 4.23. The third-order valence-electron chi connectivity index (χ3n) is 2.46. The summed E-state index contributed by atoms with van der Waals surface area (Å²) in [5.41, 5.74) is 0. The minimum absolute atomic E-state index is 0.255. The largest absolute Gasteiger partial charge is 0.393 e. The molecule has 0 aromatic carbocycles. The van der Waals surface area contributed by atoms with E-state index in [1.807, 2.05) is 13.8 Å². The fourth-order valence-corrected chi connectivity index (χ4v) is 1.69. The van der Waals surface area contributed by atoms with Gasteiger partial charge in [-0.15, -0.1) is 0 Å². The second-order valence-corrected chi connectivity index (χ2v) is 4.23. The molecule has 14 heavy (non-hydrogen) atoms. The van der Waals surface area contributed by atoms with Crippen molar-refractivity contribution in [1.82, 2.24) is 0 Å². The van der Waals surface area contributed by atoms with E-state index in [2.05, 4.69) is 0 Å². The zero-order valence-corrected chi connectivity index (χ0v) is 9.24. The van der Waals surface area contributed by atoms with Crippen LogP contribution in [-0.2, 0) is 9.47 Å². The molecule has 0 amide bonds. The van der Waals surface area contributed by atoms with E-state index in [1.54, 1.807) is 0 Å². The molecule has 0 aromatic heterocycles. The van der Waals surface area contributed by atoms with E-state index in [1.165, 1.54) is 0 Å². The van der Waals surface area contributed by atoms with Gasteiger partial charge in [-0.25, -0.2) is 0 Å². The molecule has 2 unspecified atom stereocenters. The van der Waals surface area contributed by atoms with Crippen molar-refractivity contribution in [3.05, 3.63) is 0 Å². The molecule has 0 saturated carbocycles. The van der Waals surface area contributed by atoms with E-state index in [0.717, 1.165) is 32.3 Å². The summed E-state index contributed by atoms with van der Waals surface area (Å²) in [7, 11) is 0. The van der Waals surface area contributed by atoms with Gasteiger partial charge in [-0.3, -0.25) is 0 Å². The molecule has 0 aliphatic carbocycles. The maximum absolute atomic E-state index is 9.66. The topological polar surface area (TPSA) is 38.7 Å². The summed E-state index contributed by atoms with van der Waals surface area (Å²) < 4.78 is 10.8. The minimum Gasteiger partial charge on any atom is -0.393 e. The molecular weight excluding hydrogens is 180 g/mol. The zero-order chi connectivity index (χ0) is 10.4. The van der Waals surface area contributed by atoms with Crippen molar-refractivity contribution in [2.75, 3.05) is 13.2 Å². The van der Waals surface area contributed by atoms with Crippen LogP contribution in [0.4, 0.5) is 0 Å². The molecule has 0 bridgehead atoms. The van der Waals surface area contributed by atoms with Crippen LogP contribution >= 0.6 is 0 Å². The fraction of sp³-hybridized carbons (Fsp3) is 1.00. The molecule has 1 saturated heterocycles. The fourth-order valence-electron chi connectivity index (χ4n) is 1.69. The lowest BCUT2D eigenvalue weighted by atomic mass is 10.1. The van der Waals surface area contributed by atoms with Crippen LogP contribution in [0.25, 0.3) is 0 Å². The van der Waals surface area contributed by atoms with E-state index >= 15 is 0 Å². The van der Waals surface area contributed by atoms with Gasteiger partial charge in [-0.05, 0) is 39.5 Å². The number of ether oxygens (including phenoxy) is 2. The summed E-state index contributed by atoms with van der Waals surface area (Å²) in [4.78, 5) is 0. The Labute approximate surface area is 86.4 Å². The third-order valence-corrected chi connectivity index (χ3v) is 2.46. The van der Waals surface area contributed by atoms with E-state index < -0.39 is 0 Å². The second kappa shape index (κ2) is 6.38. The lowest BCUT2D eigenvalue weighted by Gasteiger charge is -2.15. The van der Waals surface area contributed by atoms with Gasteiger partial charge >= 0.3 is 0 Å². The van der Waals surface area contributed by atoms with Gasteiger partial charge < -0.3 is 14.6 Å². The molecule has 0 spiro atoms. The van der Waals surface area contributed by atoms with Gasteiger partial charge in [-0.1, -0.05) is 0 Å². The third kappa shape index (κ3) is 4.94. The summed E-state index contributed by atoms with van der Waals surface area (Å²) in [5, 5.41) is 9.66. The molecule has 1 N–H and O–H groups in total. The Balaban J connectivity index is 2.00. The molecule has 1 fully saturated rings. The van der Waals surface area contributed by atoms with E-state index in [0.29, 0.717) is 6.61 Å². The number of aliphatic hydroxyl groups is 1. The highest BCUT2D eigenvalue weighted by Gasteiger charge is 2.19. The Morgan fingerprint density at radius 2 is 2.29 bits per heavy atom. The predicted molar refractivity (Wildman–Crippen MR) is 55.3 cm³/mol. The smallest absolute Gasteiger partial charge is 0.0600 e. The summed E-state index contributed by atoms with van der Waals surface area (Å²) >= 11 is 0. The minimum atomic E-state index is -0.267. The van der Waals surface area contributed by atoms with Crippen LogP contribution in [0.3, 0.4) is 0 Å². The van der Waals surface area contributed by atoms with Gasteiger partial charge in [0.2, 0.25) is 0 Å². The van der Waals surface area contributed by atoms with Gasteiger partial charge in [0, 0.05) is 13.2 Å². The van der Waals surface area contributed by atoms with Crippen LogP contribution in [-0.4, -0.2) is 36.6 Å². The first-order chi connectivity index (χ1) is 6.68. The van der Waals surface area contributed by atoms with Crippen LogP contribution in [0.5, 0.6) is 0 Å². The van der Waals surface area contributed by atoms with Gasteiger partial charge in [0.05, 0.1) is 18.3 Å². The highest BCUT2D eigenvalue weighted by atomic mass is 16.5. The Morgan fingerprint density at radius 1 is 1.50 bits per heavy atom. The normalized spacial score (nSPS) is 24.4. The molecule has 84 valence electrons. The van der Waals surface area contributed by atoms with E-state index in [9.17, 15) is 5.11 Å². The van der Waals surface area contributed by atoms with Gasteiger partial charge in [0.1, 0.15) is 0 Å². The van der Waals surface area contributed by atoms with E-state index in [-0.39, 0.29) is 18.3 Å². The maximum Gasteiger partial charge on any atom is 0.0600 e. The van der Waals surface area contributed by atoms with Crippen molar-refractivity contribution < 1.29 is 14.6 Å². The zero-order valence-electron chi connectivity index (χ0n) is 9.24. The van der Waals surface area contributed by atoms with Gasteiger partial charge in [0.15, 0.2) is 0 Å².